The van der Waals surface area contributed by atoms with Crippen molar-refractivity contribution >= 4 is 23.2 Å². The maximum atomic E-state index is 12.0. The average Bonchev–Trinajstić information content (AvgIpc) is 2.90. The third-order valence-electron chi connectivity index (χ3n) is 3.16. The summed E-state index contributed by atoms with van der Waals surface area (Å²) >= 11 is 5.11. The Morgan fingerprint density at radius 2 is 1.96 bits per heavy atom. The normalized spacial score (nSPS) is 10.0. The van der Waals surface area contributed by atoms with Gasteiger partial charge in [0.1, 0.15) is 17.1 Å². The summed E-state index contributed by atoms with van der Waals surface area (Å²) in [5, 5.41) is 7.03. The van der Waals surface area contributed by atoms with Gasteiger partial charge in [-0.1, -0.05) is 17.3 Å². The van der Waals surface area contributed by atoms with E-state index in [4.69, 9.17) is 21.5 Å². The highest BCUT2D eigenvalue weighted by molar-refractivity contribution is 7.80. The maximum Gasteiger partial charge on any atom is 0.275 e. The summed E-state index contributed by atoms with van der Waals surface area (Å²) in [6.07, 6.45) is 0. The van der Waals surface area contributed by atoms with E-state index >= 15 is 0 Å². The molecule has 1 aromatic carbocycles. The van der Waals surface area contributed by atoms with Crippen LogP contribution >= 0.6 is 12.2 Å². The Morgan fingerprint density at radius 1 is 1.26 bits per heavy atom. The smallest absolute Gasteiger partial charge is 0.275 e. The predicted octanol–water partition coefficient (Wildman–Crippen LogP) is 1.61. The van der Waals surface area contributed by atoms with Gasteiger partial charge in [0.2, 0.25) is 0 Å². The molecule has 1 amide bonds. The van der Waals surface area contributed by atoms with E-state index in [0.29, 0.717) is 28.7 Å². The fraction of sp³-hybridized carbons (Fsp3) is 0.267. The zero-order valence-electron chi connectivity index (χ0n) is 13.1. The molecular weight excluding hydrogens is 316 g/mol. The number of carbonyl (C=O) groups excluding carboxylic acids is 1. The summed E-state index contributed by atoms with van der Waals surface area (Å²) in [5.41, 5.74) is 7.11. The lowest BCUT2D eigenvalue weighted by Gasteiger charge is -2.11. The van der Waals surface area contributed by atoms with Gasteiger partial charge in [0.25, 0.3) is 5.91 Å². The van der Waals surface area contributed by atoms with Crippen LogP contribution in [0.4, 0.5) is 0 Å². The van der Waals surface area contributed by atoms with Gasteiger partial charge in [-0.25, -0.2) is 0 Å². The van der Waals surface area contributed by atoms with Gasteiger partial charge < -0.3 is 14.6 Å². The first-order chi connectivity index (χ1) is 11.0. The van der Waals surface area contributed by atoms with Crippen LogP contribution in [0.1, 0.15) is 27.4 Å². The van der Waals surface area contributed by atoms with Gasteiger partial charge in [-0.3, -0.25) is 15.6 Å². The number of aryl methyl sites for hydroxylation is 2. The molecule has 0 bridgehead atoms. The fourth-order valence-corrected chi connectivity index (χ4v) is 2.08. The van der Waals surface area contributed by atoms with E-state index in [2.05, 4.69) is 21.3 Å². The molecule has 122 valence electrons. The van der Waals surface area contributed by atoms with Crippen LogP contribution in [-0.4, -0.2) is 23.3 Å². The summed E-state index contributed by atoms with van der Waals surface area (Å²) in [6.45, 7) is 3.90. The SMILES string of the molecule is COc1ccc(CNC(=S)NNC(=O)c2c(C)noc2C)cc1. The third kappa shape index (κ3) is 4.43. The van der Waals surface area contributed by atoms with E-state index in [1.165, 1.54) is 0 Å². The highest BCUT2D eigenvalue weighted by atomic mass is 32.1. The minimum absolute atomic E-state index is 0.306. The molecule has 0 radical (unpaired) electrons. The summed E-state index contributed by atoms with van der Waals surface area (Å²) in [7, 11) is 1.62. The van der Waals surface area contributed by atoms with Gasteiger partial charge >= 0.3 is 0 Å². The van der Waals surface area contributed by atoms with Crippen LogP contribution in [0.3, 0.4) is 0 Å². The number of aromatic nitrogens is 1. The highest BCUT2D eigenvalue weighted by Gasteiger charge is 2.17. The van der Waals surface area contributed by atoms with E-state index in [1.807, 2.05) is 24.3 Å². The van der Waals surface area contributed by atoms with Crippen LogP contribution < -0.4 is 20.9 Å². The van der Waals surface area contributed by atoms with Crippen LogP contribution in [0.25, 0.3) is 0 Å². The molecule has 23 heavy (non-hydrogen) atoms. The molecule has 0 aliphatic heterocycles. The number of hydrazine groups is 1. The fourth-order valence-electron chi connectivity index (χ4n) is 1.95. The van der Waals surface area contributed by atoms with Crippen LogP contribution in [0.2, 0.25) is 0 Å². The number of nitrogens with one attached hydrogen (secondary N) is 3. The number of hydrogen-bond donors (Lipinski definition) is 3. The molecule has 0 spiro atoms. The Hall–Kier alpha value is -2.61. The molecule has 8 heteroatoms. The first kappa shape index (κ1) is 16.8. The van der Waals surface area contributed by atoms with Gasteiger partial charge in [0, 0.05) is 6.54 Å². The van der Waals surface area contributed by atoms with Crippen molar-refractivity contribution in [3.63, 3.8) is 0 Å². The lowest BCUT2D eigenvalue weighted by atomic mass is 10.2. The molecule has 1 heterocycles. The largest absolute Gasteiger partial charge is 0.497 e. The number of carbonyl (C=O) groups is 1. The van der Waals surface area contributed by atoms with Crippen molar-refractivity contribution in [2.75, 3.05) is 7.11 Å². The summed E-state index contributed by atoms with van der Waals surface area (Å²) in [6, 6.07) is 7.59. The lowest BCUT2D eigenvalue weighted by molar-refractivity contribution is 0.0941. The Labute approximate surface area is 139 Å². The summed E-state index contributed by atoms with van der Waals surface area (Å²) in [4.78, 5) is 12.0. The molecule has 2 aromatic rings. The summed E-state index contributed by atoms with van der Waals surface area (Å²) < 4.78 is 10.0. The standard InChI is InChI=1S/C15H18N4O3S/c1-9-13(10(2)22-19-9)14(20)17-18-15(23)16-8-11-4-6-12(21-3)7-5-11/h4-7H,8H2,1-3H3,(H,17,20)(H2,16,18,23). The second kappa shape index (κ2) is 7.59. The van der Waals surface area contributed by atoms with E-state index in [9.17, 15) is 4.79 Å². The Balaban J connectivity index is 1.79. The summed E-state index contributed by atoms with van der Waals surface area (Å²) in [5.74, 6) is 0.898. The number of nitrogens with zero attached hydrogens (tertiary/aromatic N) is 1. The quantitative estimate of drug-likeness (QED) is 0.578. The van der Waals surface area contributed by atoms with E-state index in [0.717, 1.165) is 11.3 Å². The Bertz CT molecular complexity index is 678. The van der Waals surface area contributed by atoms with Crippen molar-refractivity contribution in [1.82, 2.24) is 21.3 Å². The van der Waals surface area contributed by atoms with Crippen molar-refractivity contribution in [3.8, 4) is 5.75 Å². The van der Waals surface area contributed by atoms with Crippen LogP contribution in [0.5, 0.6) is 5.75 Å². The van der Waals surface area contributed by atoms with Crippen molar-refractivity contribution in [2.24, 2.45) is 0 Å². The minimum atomic E-state index is -0.352. The van der Waals surface area contributed by atoms with Crippen LogP contribution in [0, 0.1) is 13.8 Å². The third-order valence-corrected chi connectivity index (χ3v) is 3.41. The van der Waals surface area contributed by atoms with Crippen LogP contribution in [0.15, 0.2) is 28.8 Å². The Kier molecular flexibility index (Phi) is 5.53. The van der Waals surface area contributed by atoms with Gasteiger partial charge in [-0.2, -0.15) is 0 Å². The zero-order chi connectivity index (χ0) is 16.8. The number of rotatable bonds is 4. The second-order valence-electron chi connectivity index (χ2n) is 4.81. The van der Waals surface area contributed by atoms with Crippen molar-refractivity contribution in [3.05, 3.63) is 46.8 Å². The molecule has 0 aliphatic rings. The molecule has 3 N–H and O–H groups in total. The van der Waals surface area contributed by atoms with E-state index in [1.54, 1.807) is 21.0 Å². The molecule has 0 saturated heterocycles. The van der Waals surface area contributed by atoms with Gasteiger partial charge in [-0.05, 0) is 43.8 Å². The topological polar surface area (TPSA) is 88.4 Å². The van der Waals surface area contributed by atoms with Gasteiger partial charge in [0.05, 0.1) is 12.8 Å². The average molecular weight is 334 g/mol. The predicted molar refractivity (Wildman–Crippen MR) is 89.0 cm³/mol. The molecule has 0 unspecified atom stereocenters. The zero-order valence-corrected chi connectivity index (χ0v) is 13.9. The molecule has 1 aromatic heterocycles. The molecule has 2 rings (SSSR count). The Morgan fingerprint density at radius 3 is 2.52 bits per heavy atom. The number of amides is 1. The first-order valence-electron chi connectivity index (χ1n) is 6.91. The number of methoxy groups -OCH3 is 1. The molecule has 0 fully saturated rings. The van der Waals surface area contributed by atoms with E-state index in [-0.39, 0.29) is 5.91 Å². The molecule has 0 saturated carbocycles. The number of hydrogen-bond acceptors (Lipinski definition) is 5. The first-order valence-corrected chi connectivity index (χ1v) is 7.32. The lowest BCUT2D eigenvalue weighted by Crippen LogP contribution is -2.46. The molecule has 0 aliphatic carbocycles. The minimum Gasteiger partial charge on any atom is -0.497 e. The maximum absolute atomic E-state index is 12.0. The molecule has 7 nitrogen and oxygen atoms in total. The molecule has 0 atom stereocenters. The molecular formula is C15H18N4O3S. The number of thiocarbonyl (C=S) groups is 1. The number of ether oxygens (including phenoxy) is 1. The van der Waals surface area contributed by atoms with Gasteiger partial charge in [-0.15, -0.1) is 0 Å². The van der Waals surface area contributed by atoms with Crippen molar-refractivity contribution < 1.29 is 14.1 Å². The highest BCUT2D eigenvalue weighted by Crippen LogP contribution is 2.11. The van der Waals surface area contributed by atoms with Gasteiger partial charge in [0.15, 0.2) is 5.11 Å². The van der Waals surface area contributed by atoms with Crippen LogP contribution in [-0.2, 0) is 6.54 Å². The van der Waals surface area contributed by atoms with Crippen molar-refractivity contribution in [1.29, 1.82) is 0 Å². The number of benzene rings is 1. The second-order valence-corrected chi connectivity index (χ2v) is 5.22. The monoisotopic (exact) mass is 334 g/mol. The van der Waals surface area contributed by atoms with E-state index < -0.39 is 0 Å². The van der Waals surface area contributed by atoms with Crippen molar-refractivity contribution in [2.45, 2.75) is 20.4 Å².